The van der Waals surface area contributed by atoms with Crippen molar-refractivity contribution in [3.63, 3.8) is 0 Å². The fourth-order valence-electron chi connectivity index (χ4n) is 3.45. The van der Waals surface area contributed by atoms with Gasteiger partial charge < -0.3 is 5.32 Å². The highest BCUT2D eigenvalue weighted by Crippen LogP contribution is 2.31. The van der Waals surface area contributed by atoms with Crippen molar-refractivity contribution in [2.45, 2.75) is 4.90 Å². The zero-order valence-electron chi connectivity index (χ0n) is 18.0. The second kappa shape index (κ2) is 9.68. The van der Waals surface area contributed by atoms with Crippen LogP contribution < -0.4 is 10.0 Å². The minimum Gasteiger partial charge on any atom is -0.360 e. The number of hydrogen-bond acceptors (Lipinski definition) is 8. The summed E-state index contributed by atoms with van der Waals surface area (Å²) in [4.78, 5) is 8.74. The number of benzene rings is 3. The van der Waals surface area contributed by atoms with Crippen LogP contribution in [0.2, 0.25) is 0 Å². The number of aromatic nitrogens is 2. The number of sulfonamides is 1. The summed E-state index contributed by atoms with van der Waals surface area (Å²) in [6.45, 7) is 0. The smallest absolute Gasteiger partial charge is 0.263 e. The van der Waals surface area contributed by atoms with Crippen molar-refractivity contribution in [2.24, 2.45) is 0 Å². The van der Waals surface area contributed by atoms with E-state index >= 15 is 0 Å². The van der Waals surface area contributed by atoms with Crippen LogP contribution in [0, 0.1) is 11.3 Å². The molecule has 2 heterocycles. The van der Waals surface area contributed by atoms with Crippen LogP contribution >= 0.6 is 22.7 Å². The zero-order valence-corrected chi connectivity index (χ0v) is 20.5. The molecule has 0 spiro atoms. The maximum absolute atomic E-state index is 12.5. The van der Waals surface area contributed by atoms with E-state index < -0.39 is 10.0 Å². The Bertz CT molecular complexity index is 1660. The summed E-state index contributed by atoms with van der Waals surface area (Å²) in [6.07, 6.45) is 3.10. The first-order valence-corrected chi connectivity index (χ1v) is 13.6. The van der Waals surface area contributed by atoms with Crippen LogP contribution in [0.25, 0.3) is 27.6 Å². The van der Waals surface area contributed by atoms with Crippen LogP contribution in [0.1, 0.15) is 5.01 Å². The molecule has 0 atom stereocenters. The molecule has 172 valence electrons. The topological polar surface area (TPSA) is 108 Å². The Hall–Kier alpha value is -4.04. The van der Waals surface area contributed by atoms with E-state index in [0.717, 1.165) is 22.0 Å². The van der Waals surface area contributed by atoms with Crippen molar-refractivity contribution in [1.29, 1.82) is 5.26 Å². The van der Waals surface area contributed by atoms with Gasteiger partial charge >= 0.3 is 0 Å². The predicted octanol–water partition coefficient (Wildman–Crippen LogP) is 6.20. The summed E-state index contributed by atoms with van der Waals surface area (Å²) in [7, 11) is -3.72. The Morgan fingerprint density at radius 2 is 1.80 bits per heavy atom. The lowest BCUT2D eigenvalue weighted by Crippen LogP contribution is -2.12. The number of rotatable bonds is 7. The van der Waals surface area contributed by atoms with Crippen molar-refractivity contribution in [1.82, 2.24) is 9.97 Å². The van der Waals surface area contributed by atoms with Crippen molar-refractivity contribution >= 4 is 59.9 Å². The third-order valence-electron chi connectivity index (χ3n) is 5.12. The van der Waals surface area contributed by atoms with Gasteiger partial charge in [-0.05, 0) is 35.0 Å². The van der Waals surface area contributed by atoms with Crippen molar-refractivity contribution in [2.75, 3.05) is 10.0 Å². The van der Waals surface area contributed by atoms with Gasteiger partial charge in [0.05, 0.1) is 10.6 Å². The summed E-state index contributed by atoms with van der Waals surface area (Å²) < 4.78 is 27.4. The SMILES string of the molecule is N#C/C(=C\Nc1ccc(S(=O)(=O)Nc2nccs2)cc1)c1nc(-c2cccc3ccccc23)cs1. The second-order valence-corrected chi connectivity index (χ2v) is 10.8. The van der Waals surface area contributed by atoms with E-state index in [-0.39, 0.29) is 4.90 Å². The van der Waals surface area contributed by atoms with Crippen molar-refractivity contribution in [3.8, 4) is 17.3 Å². The van der Waals surface area contributed by atoms with Crippen LogP contribution in [-0.2, 0) is 10.0 Å². The Labute approximate surface area is 210 Å². The van der Waals surface area contributed by atoms with Gasteiger partial charge in [0, 0.05) is 34.4 Å². The molecule has 0 aliphatic heterocycles. The van der Waals surface area contributed by atoms with Gasteiger partial charge in [0.1, 0.15) is 16.6 Å². The number of fused-ring (bicyclic) bond motifs is 1. The molecule has 0 saturated carbocycles. The van der Waals surface area contributed by atoms with E-state index in [0.29, 0.717) is 21.4 Å². The Kier molecular flexibility index (Phi) is 6.29. The molecule has 0 unspecified atom stereocenters. The van der Waals surface area contributed by atoms with Gasteiger partial charge in [0.25, 0.3) is 10.0 Å². The highest BCUT2D eigenvalue weighted by Gasteiger charge is 2.15. The molecule has 0 aliphatic rings. The Morgan fingerprint density at radius 1 is 1.00 bits per heavy atom. The quantitative estimate of drug-likeness (QED) is 0.250. The van der Waals surface area contributed by atoms with E-state index in [1.165, 1.54) is 41.0 Å². The summed E-state index contributed by atoms with van der Waals surface area (Å²) in [5.41, 5.74) is 2.84. The molecule has 10 heteroatoms. The fraction of sp³-hybridized carbons (Fsp3) is 0. The molecule has 0 amide bonds. The van der Waals surface area contributed by atoms with Crippen LogP contribution in [0.3, 0.4) is 0 Å². The minimum absolute atomic E-state index is 0.113. The van der Waals surface area contributed by atoms with Gasteiger partial charge in [0.2, 0.25) is 0 Å². The lowest BCUT2D eigenvalue weighted by Gasteiger charge is -2.07. The van der Waals surface area contributed by atoms with Crippen LogP contribution in [0.15, 0.2) is 94.8 Å². The molecule has 0 fully saturated rings. The number of allylic oxidation sites excluding steroid dienone is 1. The predicted molar refractivity (Wildman–Crippen MR) is 142 cm³/mol. The minimum atomic E-state index is -3.72. The number of nitriles is 1. The van der Waals surface area contributed by atoms with E-state index in [2.05, 4.69) is 39.3 Å². The van der Waals surface area contributed by atoms with E-state index in [1.54, 1.807) is 23.7 Å². The van der Waals surface area contributed by atoms with Gasteiger partial charge in [-0.1, -0.05) is 42.5 Å². The first kappa shape index (κ1) is 22.7. The van der Waals surface area contributed by atoms with E-state index in [1.807, 2.05) is 29.6 Å². The number of nitrogens with one attached hydrogen (secondary N) is 2. The number of anilines is 2. The molecule has 5 rings (SSSR count). The molecule has 35 heavy (non-hydrogen) atoms. The summed E-state index contributed by atoms with van der Waals surface area (Å²) in [5, 5.41) is 19.5. The van der Waals surface area contributed by atoms with Crippen molar-refractivity contribution < 1.29 is 8.42 Å². The van der Waals surface area contributed by atoms with E-state index in [9.17, 15) is 13.7 Å². The molecule has 5 aromatic rings. The third-order valence-corrected chi connectivity index (χ3v) is 8.17. The van der Waals surface area contributed by atoms with Crippen LogP contribution in [0.5, 0.6) is 0 Å². The van der Waals surface area contributed by atoms with Gasteiger partial charge in [-0.2, -0.15) is 5.26 Å². The maximum atomic E-state index is 12.5. The Morgan fingerprint density at radius 3 is 2.57 bits per heavy atom. The first-order chi connectivity index (χ1) is 17.0. The van der Waals surface area contributed by atoms with Crippen LogP contribution in [-0.4, -0.2) is 18.4 Å². The van der Waals surface area contributed by atoms with Gasteiger partial charge in [0.15, 0.2) is 5.13 Å². The summed E-state index contributed by atoms with van der Waals surface area (Å²) >= 11 is 2.60. The lowest BCUT2D eigenvalue weighted by atomic mass is 10.0. The normalized spacial score (nSPS) is 11.8. The summed E-state index contributed by atoms with van der Waals surface area (Å²) in [6, 6.07) is 22.6. The van der Waals surface area contributed by atoms with Crippen molar-refractivity contribution in [3.05, 3.63) is 94.9 Å². The largest absolute Gasteiger partial charge is 0.360 e. The number of hydrogen-bond donors (Lipinski definition) is 2. The highest BCUT2D eigenvalue weighted by atomic mass is 32.2. The average Bonchev–Trinajstić information content (AvgIpc) is 3.57. The fourth-order valence-corrected chi connectivity index (χ4v) is 6.02. The second-order valence-electron chi connectivity index (χ2n) is 7.35. The molecule has 0 aliphatic carbocycles. The molecule has 3 aromatic carbocycles. The first-order valence-electron chi connectivity index (χ1n) is 10.4. The molecule has 2 N–H and O–H groups in total. The zero-order chi connectivity index (χ0) is 24.3. The molecular weight excluding hydrogens is 499 g/mol. The number of nitrogens with zero attached hydrogens (tertiary/aromatic N) is 3. The molecule has 0 bridgehead atoms. The highest BCUT2D eigenvalue weighted by molar-refractivity contribution is 7.93. The molecule has 2 aromatic heterocycles. The monoisotopic (exact) mass is 515 g/mol. The average molecular weight is 516 g/mol. The molecular formula is C25H17N5O2S3. The lowest BCUT2D eigenvalue weighted by molar-refractivity contribution is 0.601. The Balaban J connectivity index is 1.34. The maximum Gasteiger partial charge on any atom is 0.263 e. The number of thiazole rings is 2. The third kappa shape index (κ3) is 4.93. The standard InChI is InChI=1S/C25H17N5O2S3/c26-14-18(24-29-23(16-34-24)22-7-3-5-17-4-1-2-6-21(17)22)15-28-19-8-10-20(11-9-19)35(31,32)30-25-27-12-13-33-25/h1-13,15-16,28H,(H,27,30)/b18-15+. The molecule has 7 nitrogen and oxygen atoms in total. The van der Waals surface area contributed by atoms with Gasteiger partial charge in [-0.3, -0.25) is 4.72 Å². The van der Waals surface area contributed by atoms with E-state index in [4.69, 9.17) is 4.98 Å². The molecule has 0 saturated heterocycles. The van der Waals surface area contributed by atoms with Gasteiger partial charge in [-0.25, -0.2) is 18.4 Å². The summed E-state index contributed by atoms with van der Waals surface area (Å²) in [5.74, 6) is 0. The van der Waals surface area contributed by atoms with Crippen LogP contribution in [0.4, 0.5) is 10.8 Å². The molecule has 0 radical (unpaired) electrons. The van der Waals surface area contributed by atoms with Gasteiger partial charge in [-0.15, -0.1) is 22.7 Å².